The van der Waals surface area contributed by atoms with Gasteiger partial charge in [0, 0.05) is 6.54 Å². The van der Waals surface area contributed by atoms with Crippen LogP contribution in [0.5, 0.6) is 11.5 Å². The molecular weight excluding hydrogens is 350 g/mol. The summed E-state index contributed by atoms with van der Waals surface area (Å²) >= 11 is 1.57. The molecule has 0 spiro atoms. The second-order valence-electron chi connectivity index (χ2n) is 6.02. The van der Waals surface area contributed by atoms with Crippen molar-refractivity contribution in [3.05, 3.63) is 46.2 Å². The molecule has 0 saturated carbocycles. The molecule has 0 fully saturated rings. The van der Waals surface area contributed by atoms with E-state index in [0.717, 1.165) is 17.7 Å². The Morgan fingerprint density at radius 2 is 1.96 bits per heavy atom. The number of guanidine groups is 1. The number of rotatable bonds is 8. The molecule has 0 aliphatic carbocycles. The minimum absolute atomic E-state index is 0.363. The van der Waals surface area contributed by atoms with Crippen molar-refractivity contribution in [2.75, 3.05) is 27.3 Å². The van der Waals surface area contributed by atoms with Crippen LogP contribution in [0.15, 0.2) is 40.0 Å². The van der Waals surface area contributed by atoms with Crippen LogP contribution in [0.25, 0.3) is 0 Å². The Morgan fingerprint density at radius 1 is 1.19 bits per heavy atom. The van der Waals surface area contributed by atoms with Crippen molar-refractivity contribution in [1.82, 2.24) is 10.6 Å². The lowest BCUT2D eigenvalue weighted by atomic mass is 9.99. The summed E-state index contributed by atoms with van der Waals surface area (Å²) in [4.78, 5) is 4.59. The van der Waals surface area contributed by atoms with Crippen LogP contribution in [-0.2, 0) is 12.1 Å². The molecule has 1 unspecified atom stereocenters. The second kappa shape index (κ2) is 9.45. The number of nitrogens with one attached hydrogen (secondary N) is 2. The molecule has 1 aromatic heterocycles. The average molecular weight is 378 g/mol. The molecule has 1 atom stereocenters. The van der Waals surface area contributed by atoms with Crippen LogP contribution in [0, 0.1) is 0 Å². The van der Waals surface area contributed by atoms with Gasteiger partial charge in [-0.05, 0) is 53.9 Å². The standard InChI is InChI=1S/C19H27N3O3S/c1-5-20-18(22-13-19(2,23)15-8-9-26-12-15)21-11-14-6-7-16(24-3)17(10-14)25-4/h6-10,12,23H,5,11,13H2,1-4H3,(H2,20,21,22). The number of thiophene rings is 1. The summed E-state index contributed by atoms with van der Waals surface area (Å²) in [5.41, 5.74) is 0.940. The molecule has 3 N–H and O–H groups in total. The Labute approximate surface area is 158 Å². The van der Waals surface area contributed by atoms with Gasteiger partial charge in [-0.3, -0.25) is 0 Å². The van der Waals surface area contributed by atoms with Crippen molar-refractivity contribution in [2.45, 2.75) is 26.0 Å². The molecule has 0 amide bonds. The van der Waals surface area contributed by atoms with E-state index >= 15 is 0 Å². The third kappa shape index (κ3) is 5.37. The van der Waals surface area contributed by atoms with Crippen molar-refractivity contribution in [3.8, 4) is 11.5 Å². The first kappa shape index (κ1) is 20.1. The molecule has 2 rings (SSSR count). The van der Waals surface area contributed by atoms with Gasteiger partial charge in [0.15, 0.2) is 17.5 Å². The number of hydrogen-bond acceptors (Lipinski definition) is 5. The third-order valence-electron chi connectivity index (χ3n) is 3.96. The SMILES string of the molecule is CCNC(=NCc1ccc(OC)c(OC)c1)NCC(C)(O)c1ccsc1. The number of methoxy groups -OCH3 is 2. The fraction of sp³-hybridized carbons (Fsp3) is 0.421. The average Bonchev–Trinajstić information content (AvgIpc) is 3.19. The van der Waals surface area contributed by atoms with Crippen molar-refractivity contribution in [2.24, 2.45) is 4.99 Å². The monoisotopic (exact) mass is 377 g/mol. The molecule has 0 aliphatic heterocycles. The molecule has 1 heterocycles. The minimum atomic E-state index is -0.959. The summed E-state index contributed by atoms with van der Waals surface area (Å²) in [7, 11) is 3.23. The molecule has 26 heavy (non-hydrogen) atoms. The molecule has 0 radical (unpaired) electrons. The van der Waals surface area contributed by atoms with Crippen LogP contribution >= 0.6 is 11.3 Å². The van der Waals surface area contributed by atoms with E-state index in [0.29, 0.717) is 30.5 Å². The van der Waals surface area contributed by atoms with Gasteiger partial charge in [-0.15, -0.1) is 0 Å². The highest BCUT2D eigenvalue weighted by Crippen LogP contribution is 2.27. The minimum Gasteiger partial charge on any atom is -0.493 e. The first-order chi connectivity index (χ1) is 12.5. The van der Waals surface area contributed by atoms with E-state index in [-0.39, 0.29) is 0 Å². The number of aliphatic hydroxyl groups is 1. The zero-order valence-electron chi connectivity index (χ0n) is 15.7. The van der Waals surface area contributed by atoms with E-state index in [1.165, 1.54) is 0 Å². The molecule has 6 nitrogen and oxygen atoms in total. The first-order valence-electron chi connectivity index (χ1n) is 8.48. The van der Waals surface area contributed by atoms with Crippen molar-refractivity contribution >= 4 is 17.3 Å². The maximum atomic E-state index is 10.6. The first-order valence-corrected chi connectivity index (χ1v) is 9.42. The van der Waals surface area contributed by atoms with Crippen LogP contribution in [0.1, 0.15) is 25.0 Å². The lowest BCUT2D eigenvalue weighted by molar-refractivity contribution is 0.0621. The molecule has 7 heteroatoms. The van der Waals surface area contributed by atoms with Crippen molar-refractivity contribution in [3.63, 3.8) is 0 Å². The van der Waals surface area contributed by atoms with Gasteiger partial charge in [-0.2, -0.15) is 11.3 Å². The summed E-state index contributed by atoms with van der Waals surface area (Å²) in [5.74, 6) is 2.02. The second-order valence-corrected chi connectivity index (χ2v) is 6.80. The van der Waals surface area contributed by atoms with Gasteiger partial charge in [0.2, 0.25) is 0 Å². The Balaban J connectivity index is 2.04. The van der Waals surface area contributed by atoms with Crippen LogP contribution in [-0.4, -0.2) is 38.4 Å². The smallest absolute Gasteiger partial charge is 0.191 e. The van der Waals surface area contributed by atoms with Gasteiger partial charge in [0.25, 0.3) is 0 Å². The van der Waals surface area contributed by atoms with Gasteiger partial charge in [-0.1, -0.05) is 6.07 Å². The summed E-state index contributed by atoms with van der Waals surface area (Å²) in [5, 5.41) is 21.0. The topological polar surface area (TPSA) is 75.1 Å². The number of hydrogen-bond donors (Lipinski definition) is 3. The van der Waals surface area contributed by atoms with Crippen molar-refractivity contribution in [1.29, 1.82) is 0 Å². The van der Waals surface area contributed by atoms with E-state index in [9.17, 15) is 5.11 Å². The highest BCUT2D eigenvalue weighted by atomic mass is 32.1. The number of nitrogens with zero attached hydrogens (tertiary/aromatic N) is 1. The van der Waals surface area contributed by atoms with E-state index in [1.807, 2.05) is 41.9 Å². The van der Waals surface area contributed by atoms with E-state index < -0.39 is 5.60 Å². The Hall–Kier alpha value is -2.25. The van der Waals surface area contributed by atoms with Crippen LogP contribution in [0.2, 0.25) is 0 Å². The van der Waals surface area contributed by atoms with Crippen LogP contribution in [0.4, 0.5) is 0 Å². The van der Waals surface area contributed by atoms with Gasteiger partial charge < -0.3 is 25.2 Å². The summed E-state index contributed by atoms with van der Waals surface area (Å²) in [6, 6.07) is 7.66. The summed E-state index contributed by atoms with van der Waals surface area (Å²) in [6.07, 6.45) is 0. The van der Waals surface area contributed by atoms with E-state index in [4.69, 9.17) is 9.47 Å². The summed E-state index contributed by atoms with van der Waals surface area (Å²) < 4.78 is 10.6. The Morgan fingerprint density at radius 3 is 2.58 bits per heavy atom. The molecule has 0 aliphatic rings. The fourth-order valence-corrected chi connectivity index (χ4v) is 3.20. The maximum absolute atomic E-state index is 10.6. The van der Waals surface area contributed by atoms with Crippen molar-refractivity contribution < 1.29 is 14.6 Å². The largest absolute Gasteiger partial charge is 0.493 e. The maximum Gasteiger partial charge on any atom is 0.191 e. The van der Waals surface area contributed by atoms with Gasteiger partial charge in [0.1, 0.15) is 5.60 Å². The Kier molecular flexibility index (Phi) is 7.29. The highest BCUT2D eigenvalue weighted by molar-refractivity contribution is 7.08. The molecule has 142 valence electrons. The molecule has 0 bridgehead atoms. The lowest BCUT2D eigenvalue weighted by Crippen LogP contribution is -2.44. The lowest BCUT2D eigenvalue weighted by Gasteiger charge is -2.24. The predicted octanol–water partition coefficient (Wildman–Crippen LogP) is 2.73. The van der Waals surface area contributed by atoms with E-state index in [1.54, 1.807) is 32.5 Å². The molecule has 0 saturated heterocycles. The molecular formula is C19H27N3O3S. The molecule has 2 aromatic rings. The Bertz CT molecular complexity index is 715. The predicted molar refractivity (Wildman–Crippen MR) is 106 cm³/mol. The van der Waals surface area contributed by atoms with Gasteiger partial charge >= 0.3 is 0 Å². The third-order valence-corrected chi connectivity index (χ3v) is 4.64. The van der Waals surface area contributed by atoms with Gasteiger partial charge in [0.05, 0.1) is 27.3 Å². The van der Waals surface area contributed by atoms with Gasteiger partial charge in [-0.25, -0.2) is 4.99 Å². The van der Waals surface area contributed by atoms with E-state index in [2.05, 4.69) is 15.6 Å². The normalized spacial score (nSPS) is 13.8. The summed E-state index contributed by atoms with van der Waals surface area (Å²) in [6.45, 7) is 5.38. The molecule has 1 aromatic carbocycles. The zero-order valence-corrected chi connectivity index (χ0v) is 16.5. The number of benzene rings is 1. The number of ether oxygens (including phenoxy) is 2. The van der Waals surface area contributed by atoms with Crippen LogP contribution < -0.4 is 20.1 Å². The number of aliphatic imine (C=N–C) groups is 1. The highest BCUT2D eigenvalue weighted by Gasteiger charge is 2.23. The fourth-order valence-electron chi connectivity index (χ4n) is 2.42. The quantitative estimate of drug-likeness (QED) is 0.487. The van der Waals surface area contributed by atoms with Crippen LogP contribution in [0.3, 0.4) is 0 Å². The zero-order chi connectivity index (χ0) is 19.0.